The number of aromatic hydroxyl groups is 1. The lowest BCUT2D eigenvalue weighted by Gasteiger charge is -2.27. The molecule has 22 nitrogen and oxygen atoms in total. The maximum Gasteiger partial charge on any atom is 0.303 e. The molecule has 1 aromatic carbocycles. The molecule has 0 spiro atoms. The van der Waals surface area contributed by atoms with E-state index in [4.69, 9.17) is 40.9 Å². The molecular formula is C70H118N6O16. The van der Waals surface area contributed by atoms with Crippen LogP contribution >= 0.6 is 0 Å². The van der Waals surface area contributed by atoms with Crippen molar-refractivity contribution < 1.29 is 77.1 Å². The molecule has 0 saturated heterocycles. The van der Waals surface area contributed by atoms with Gasteiger partial charge in [0.1, 0.15) is 42.1 Å². The van der Waals surface area contributed by atoms with E-state index in [-0.39, 0.29) is 162 Å². The summed E-state index contributed by atoms with van der Waals surface area (Å²) in [6.07, 6.45) is 22.4. The lowest BCUT2D eigenvalue weighted by atomic mass is 9.75. The number of phenolic OH excluding ortho intramolecular Hbond substituents is 1. The van der Waals surface area contributed by atoms with E-state index in [0.29, 0.717) is 83.8 Å². The molecule has 22 heteroatoms. The summed E-state index contributed by atoms with van der Waals surface area (Å²) in [5, 5.41) is 34.4. The third-order valence-corrected chi connectivity index (χ3v) is 16.8. The number of hydrogen-bond donors (Lipinski definition) is 8. The Morgan fingerprint density at radius 1 is 0.522 bits per heavy atom. The normalized spacial score (nSPS) is 13.3. The summed E-state index contributed by atoms with van der Waals surface area (Å²) in [7, 11) is 0. The first kappa shape index (κ1) is 84.0. The molecule has 10 N–H and O–H groups in total. The number of hydrogen-bond acceptors (Lipinski definition) is 16. The highest BCUT2D eigenvalue weighted by Crippen LogP contribution is 2.31. The molecule has 2 unspecified atom stereocenters. The molecule has 0 saturated carbocycles. The number of carbonyl (C=O) groups excluding carboxylic acids is 9. The van der Waals surface area contributed by atoms with Crippen molar-refractivity contribution in [3.8, 4) is 5.75 Å². The van der Waals surface area contributed by atoms with E-state index in [9.17, 15) is 53.1 Å². The highest BCUT2D eigenvalue weighted by atomic mass is 16.5. The number of Topliss-reactive ketones (excluding diaryl/α,β-unsaturated/α-hetero) is 5. The van der Waals surface area contributed by atoms with Gasteiger partial charge in [0.25, 0.3) is 0 Å². The zero-order valence-corrected chi connectivity index (χ0v) is 56.4. The fraction of sp³-hybridized carbons (Fsp3) is 0.757. The van der Waals surface area contributed by atoms with E-state index < -0.39 is 41.6 Å². The average Bonchev–Trinajstić information content (AvgIpc) is 0.943. The molecule has 0 radical (unpaired) electrons. The number of primary amides is 1. The lowest BCUT2D eigenvalue weighted by Crippen LogP contribution is -2.40. The molecule has 0 bridgehead atoms. The highest BCUT2D eigenvalue weighted by molar-refractivity contribution is 5.93. The van der Waals surface area contributed by atoms with Gasteiger partial charge in [0.05, 0.1) is 44.9 Å². The molecule has 6 atom stereocenters. The first-order valence-electron chi connectivity index (χ1n) is 34.5. The number of rotatable bonds is 64. The lowest BCUT2D eigenvalue weighted by molar-refractivity contribution is -0.137. The van der Waals surface area contributed by atoms with E-state index >= 15 is 0 Å². The largest absolute Gasteiger partial charge is 0.508 e. The number of carbonyl (C=O) groups is 10. The number of ether oxygens (including phenoxy) is 4. The van der Waals surface area contributed by atoms with Crippen molar-refractivity contribution in [3.05, 3.63) is 29.8 Å². The smallest absolute Gasteiger partial charge is 0.303 e. The first-order valence-corrected chi connectivity index (χ1v) is 34.5. The number of benzene rings is 1. The van der Waals surface area contributed by atoms with Gasteiger partial charge < -0.3 is 56.6 Å². The third kappa shape index (κ3) is 46.2. The molecule has 4 amide bonds. The fourth-order valence-electron chi connectivity index (χ4n) is 10.9. The van der Waals surface area contributed by atoms with Gasteiger partial charge in [0.15, 0.2) is 5.78 Å². The summed E-state index contributed by atoms with van der Waals surface area (Å²) < 4.78 is 21.9. The van der Waals surface area contributed by atoms with E-state index in [2.05, 4.69) is 16.0 Å². The van der Waals surface area contributed by atoms with Crippen LogP contribution in [0.2, 0.25) is 0 Å². The number of nitrogens with two attached hydrogens (primary N) is 2. The van der Waals surface area contributed by atoms with Crippen molar-refractivity contribution in [2.45, 2.75) is 246 Å². The number of amides is 4. The number of amidine groups is 1. The van der Waals surface area contributed by atoms with Gasteiger partial charge in [-0.1, -0.05) is 129 Å². The molecule has 1 rings (SSSR count). The zero-order valence-electron chi connectivity index (χ0n) is 56.4. The molecule has 92 heavy (non-hydrogen) atoms. The van der Waals surface area contributed by atoms with Crippen molar-refractivity contribution in [1.29, 1.82) is 5.41 Å². The molecular weight excluding hydrogens is 1180 g/mol. The number of ketones is 5. The minimum atomic E-state index is -0.831. The zero-order chi connectivity index (χ0) is 68.2. The second-order valence-corrected chi connectivity index (χ2v) is 25.0. The number of nitrogens with one attached hydrogen (secondary N) is 4. The summed E-state index contributed by atoms with van der Waals surface area (Å²) in [5.74, 6) is -5.19. The minimum Gasteiger partial charge on any atom is -0.508 e. The van der Waals surface area contributed by atoms with Crippen molar-refractivity contribution in [1.82, 2.24) is 16.0 Å². The number of phenols is 1. The van der Waals surface area contributed by atoms with Gasteiger partial charge in [0.2, 0.25) is 23.6 Å². The Bertz CT molecular complexity index is 2280. The van der Waals surface area contributed by atoms with E-state index in [0.717, 1.165) is 56.9 Å². The Morgan fingerprint density at radius 3 is 1.60 bits per heavy atom. The van der Waals surface area contributed by atoms with Crippen LogP contribution in [0.1, 0.15) is 239 Å². The predicted molar refractivity (Wildman–Crippen MR) is 355 cm³/mol. The molecule has 0 heterocycles. The van der Waals surface area contributed by atoms with Gasteiger partial charge in [0, 0.05) is 94.7 Å². The van der Waals surface area contributed by atoms with Crippen LogP contribution in [-0.2, 0) is 73.3 Å². The van der Waals surface area contributed by atoms with Gasteiger partial charge >= 0.3 is 5.97 Å². The van der Waals surface area contributed by atoms with Crippen LogP contribution in [0, 0.1) is 35.0 Å². The van der Waals surface area contributed by atoms with Gasteiger partial charge in [-0.3, -0.25) is 53.4 Å². The van der Waals surface area contributed by atoms with E-state index in [1.807, 2.05) is 13.8 Å². The quantitative estimate of drug-likeness (QED) is 0.0171. The molecule has 1 aromatic rings. The Kier molecular flexibility index (Phi) is 49.7. The van der Waals surface area contributed by atoms with Gasteiger partial charge in [-0.2, -0.15) is 0 Å². The van der Waals surface area contributed by atoms with Gasteiger partial charge in [-0.05, 0) is 94.7 Å². The number of carboxylic acids is 1. The summed E-state index contributed by atoms with van der Waals surface area (Å²) in [6, 6.07) is 5.63. The Hall–Kier alpha value is -5.97. The highest BCUT2D eigenvalue weighted by Gasteiger charge is 2.35. The van der Waals surface area contributed by atoms with Gasteiger partial charge in [-0.25, -0.2) is 0 Å². The molecule has 0 aliphatic rings. The Labute approximate surface area is 548 Å². The maximum atomic E-state index is 14.4. The van der Waals surface area contributed by atoms with Crippen LogP contribution in [0.3, 0.4) is 0 Å². The second-order valence-electron chi connectivity index (χ2n) is 25.0. The Balaban J connectivity index is 2.29. The minimum absolute atomic E-state index is 0.0147. The predicted octanol–water partition coefficient (Wildman–Crippen LogP) is 9.71. The summed E-state index contributed by atoms with van der Waals surface area (Å²) >= 11 is 0. The molecule has 0 aliphatic carbocycles. The average molecular weight is 1300 g/mol. The number of unbranched alkanes of at least 4 members (excludes halogenated alkanes) is 15. The number of aliphatic carboxylic acids is 1. The summed E-state index contributed by atoms with van der Waals surface area (Å²) in [4.78, 5) is 127. The molecule has 524 valence electrons. The van der Waals surface area contributed by atoms with Crippen molar-refractivity contribution in [2.75, 3.05) is 65.9 Å². The number of carboxylic acid groups (broad SMARTS) is 1. The van der Waals surface area contributed by atoms with Crippen LogP contribution in [0.15, 0.2) is 24.3 Å². The van der Waals surface area contributed by atoms with Crippen LogP contribution < -0.4 is 27.4 Å². The van der Waals surface area contributed by atoms with Crippen LogP contribution in [0.5, 0.6) is 5.75 Å². The monoisotopic (exact) mass is 1300 g/mol. The second kappa shape index (κ2) is 54.4. The van der Waals surface area contributed by atoms with E-state index in [1.165, 1.54) is 64.0 Å². The molecule has 0 aliphatic heterocycles. The third-order valence-electron chi connectivity index (χ3n) is 16.8. The standard InChI is InChI=1S/C70H118N6O16/c1-5-52(2)47-60(80)36-33-56(69(87)53(3)61(27-20-21-28-64(71)72)63(81)49-57(70(73)88)48-55-31-34-59(79)35-32-55)25-22-23-39-74-66(83)50-92-46-44-90-42-40-75-67(84)51-91-45-43-89-41-24-26-58(78)37-38-62(54(4)77)76-65(82)29-18-16-14-12-10-8-6-7-9-11-13-15-17-19-30-68(85)86/h31-32,34-35,52-53,56-57,61-62,79H,5-30,33,36-51H2,1-4H3,(H3,71,72)(H2,73,88)(H,74,83)(H,75,84)(H,76,82)(H,85,86)/t52?,53?,56-,57-,61-,62+/m1/s1. The maximum absolute atomic E-state index is 14.4. The van der Waals surface area contributed by atoms with E-state index in [1.54, 1.807) is 19.1 Å². The molecule has 0 aromatic heterocycles. The first-order chi connectivity index (χ1) is 44.1. The van der Waals surface area contributed by atoms with Crippen LogP contribution in [0.4, 0.5) is 0 Å². The summed E-state index contributed by atoms with van der Waals surface area (Å²) in [5.41, 5.74) is 12.1. The topological polar surface area (TPSA) is 360 Å². The SMILES string of the molecule is CCC(C)CC(=O)CC[C@@H](CCCCNC(=O)COCCOCCNC(=O)COCCOCCCC(=O)CC[C@H](NC(=O)CCCCCCCCCCCCCCCCC(=O)O)C(C)=O)C(=O)C(C)[C@@H](CCCCC(=N)N)C(=O)C[C@@H](Cc1ccc(O)cc1)C(N)=O. The van der Waals surface area contributed by atoms with Crippen molar-refractivity contribution >= 4 is 64.3 Å². The summed E-state index contributed by atoms with van der Waals surface area (Å²) in [6.45, 7) is 8.69. The Morgan fingerprint density at radius 2 is 1.04 bits per heavy atom. The van der Waals surface area contributed by atoms with Crippen LogP contribution in [0.25, 0.3) is 0 Å². The van der Waals surface area contributed by atoms with Gasteiger partial charge in [-0.15, -0.1) is 0 Å². The molecule has 0 fully saturated rings. The van der Waals surface area contributed by atoms with Crippen molar-refractivity contribution in [3.63, 3.8) is 0 Å². The van der Waals surface area contributed by atoms with Crippen molar-refractivity contribution in [2.24, 2.45) is 41.1 Å². The van der Waals surface area contributed by atoms with Crippen LogP contribution in [-0.4, -0.2) is 147 Å². The fourth-order valence-corrected chi connectivity index (χ4v) is 10.9.